The molecule has 2 aliphatic rings. The molecule has 2 aliphatic heterocycles. The Bertz CT molecular complexity index is 580. The first-order chi connectivity index (χ1) is 10.9. The largest absolute Gasteiger partial charge is 0.392 e. The molecule has 3 nitrogen and oxygen atoms in total. The molecular formula is C18H26F2N2O. The Balaban J connectivity index is 1.75. The summed E-state index contributed by atoms with van der Waals surface area (Å²) < 4.78 is 27.9. The molecule has 1 aromatic rings. The molecule has 0 amide bonds. The molecule has 3 rings (SSSR count). The molecule has 0 aromatic heterocycles. The van der Waals surface area contributed by atoms with Gasteiger partial charge in [0.1, 0.15) is 0 Å². The molecule has 1 spiro atoms. The maximum Gasteiger partial charge on any atom is 0.163 e. The Hall–Kier alpha value is -1.04. The van der Waals surface area contributed by atoms with Crippen LogP contribution in [-0.2, 0) is 6.54 Å². The molecule has 1 aromatic carbocycles. The molecule has 2 fully saturated rings. The molecule has 0 aliphatic carbocycles. The van der Waals surface area contributed by atoms with Crippen molar-refractivity contribution in [3.63, 3.8) is 0 Å². The van der Waals surface area contributed by atoms with Crippen LogP contribution >= 0.6 is 0 Å². The van der Waals surface area contributed by atoms with Gasteiger partial charge in [-0.05, 0) is 45.3 Å². The normalized spacial score (nSPS) is 30.0. The number of aliphatic hydroxyl groups excluding tert-OH is 1. The lowest BCUT2D eigenvalue weighted by molar-refractivity contribution is -0.0809. The van der Waals surface area contributed by atoms with Crippen molar-refractivity contribution >= 4 is 0 Å². The molecule has 23 heavy (non-hydrogen) atoms. The standard InChI is InChI=1S/C18H26F2N2O/c1-13-4-5-14(17(20)16(13)19)10-22-8-3-7-18(12-22)11-21(2)9-6-15(18)23/h4-5,15,23H,3,6-12H2,1-2H3/t15-,18-/m0/s1. The number of benzene rings is 1. The van der Waals surface area contributed by atoms with E-state index in [2.05, 4.69) is 16.8 Å². The quantitative estimate of drug-likeness (QED) is 0.906. The van der Waals surface area contributed by atoms with E-state index in [1.807, 2.05) is 0 Å². The summed E-state index contributed by atoms with van der Waals surface area (Å²) in [6.07, 6.45) is 2.47. The third kappa shape index (κ3) is 3.28. The molecule has 0 unspecified atom stereocenters. The summed E-state index contributed by atoms with van der Waals surface area (Å²) >= 11 is 0. The molecule has 5 heteroatoms. The van der Waals surface area contributed by atoms with E-state index in [0.29, 0.717) is 17.7 Å². The van der Waals surface area contributed by atoms with Crippen LogP contribution in [0.5, 0.6) is 0 Å². The fourth-order valence-corrected chi connectivity index (χ4v) is 4.21. The van der Waals surface area contributed by atoms with Gasteiger partial charge in [-0.1, -0.05) is 12.1 Å². The van der Waals surface area contributed by atoms with Crippen LogP contribution < -0.4 is 0 Å². The molecule has 2 heterocycles. The molecule has 1 N–H and O–H groups in total. The van der Waals surface area contributed by atoms with Crippen molar-refractivity contribution in [2.75, 3.05) is 33.2 Å². The zero-order valence-corrected chi connectivity index (χ0v) is 14.0. The second kappa shape index (κ2) is 6.46. The Morgan fingerprint density at radius 3 is 2.78 bits per heavy atom. The average Bonchev–Trinajstić information content (AvgIpc) is 2.52. The van der Waals surface area contributed by atoms with Crippen LogP contribution in [0.15, 0.2) is 12.1 Å². The summed E-state index contributed by atoms with van der Waals surface area (Å²) in [6, 6.07) is 3.31. The summed E-state index contributed by atoms with van der Waals surface area (Å²) in [5, 5.41) is 10.5. The number of likely N-dealkylation sites (tertiary alicyclic amines) is 2. The fraction of sp³-hybridized carbons (Fsp3) is 0.667. The van der Waals surface area contributed by atoms with Crippen LogP contribution in [0, 0.1) is 24.0 Å². The van der Waals surface area contributed by atoms with Gasteiger partial charge in [-0.2, -0.15) is 0 Å². The van der Waals surface area contributed by atoms with E-state index >= 15 is 0 Å². The molecule has 0 bridgehead atoms. The van der Waals surface area contributed by atoms with Gasteiger partial charge in [0.15, 0.2) is 11.6 Å². The second-order valence-electron chi connectivity index (χ2n) is 7.39. The van der Waals surface area contributed by atoms with Gasteiger partial charge < -0.3 is 10.0 Å². The van der Waals surface area contributed by atoms with E-state index in [9.17, 15) is 13.9 Å². The molecule has 0 saturated carbocycles. The topological polar surface area (TPSA) is 26.7 Å². The Kier molecular flexibility index (Phi) is 4.72. The smallest absolute Gasteiger partial charge is 0.163 e. The zero-order chi connectivity index (χ0) is 16.6. The van der Waals surface area contributed by atoms with Crippen LogP contribution in [0.4, 0.5) is 8.78 Å². The van der Waals surface area contributed by atoms with E-state index in [-0.39, 0.29) is 11.5 Å². The highest BCUT2D eigenvalue weighted by atomic mass is 19.2. The van der Waals surface area contributed by atoms with Crippen molar-refractivity contribution < 1.29 is 13.9 Å². The molecule has 2 saturated heterocycles. The van der Waals surface area contributed by atoms with Crippen molar-refractivity contribution in [1.29, 1.82) is 0 Å². The summed E-state index contributed by atoms with van der Waals surface area (Å²) in [4.78, 5) is 4.43. The number of piperidine rings is 2. The van der Waals surface area contributed by atoms with Crippen molar-refractivity contribution in [2.24, 2.45) is 5.41 Å². The number of halogens is 2. The zero-order valence-electron chi connectivity index (χ0n) is 14.0. The minimum atomic E-state index is -0.744. The first kappa shape index (κ1) is 16.8. The predicted molar refractivity (Wildman–Crippen MR) is 86.2 cm³/mol. The number of hydrogen-bond donors (Lipinski definition) is 1. The third-order valence-electron chi connectivity index (χ3n) is 5.51. The number of aliphatic hydroxyl groups is 1. The number of nitrogens with zero attached hydrogens (tertiary/aromatic N) is 2. The molecule has 0 radical (unpaired) electrons. The molecular weight excluding hydrogens is 298 g/mol. The predicted octanol–water partition coefficient (Wildman–Crippen LogP) is 2.55. The Morgan fingerprint density at radius 1 is 1.22 bits per heavy atom. The fourth-order valence-electron chi connectivity index (χ4n) is 4.21. The second-order valence-corrected chi connectivity index (χ2v) is 7.39. The third-order valence-corrected chi connectivity index (χ3v) is 5.51. The molecule has 2 atom stereocenters. The number of aryl methyl sites for hydroxylation is 1. The lowest BCUT2D eigenvalue weighted by atomic mass is 9.71. The van der Waals surface area contributed by atoms with Gasteiger partial charge in [0, 0.05) is 37.2 Å². The van der Waals surface area contributed by atoms with Gasteiger partial charge in [-0.15, -0.1) is 0 Å². The Morgan fingerprint density at radius 2 is 2.00 bits per heavy atom. The minimum Gasteiger partial charge on any atom is -0.392 e. The van der Waals surface area contributed by atoms with E-state index in [4.69, 9.17) is 0 Å². The van der Waals surface area contributed by atoms with E-state index in [1.165, 1.54) is 0 Å². The maximum atomic E-state index is 14.1. The molecule has 128 valence electrons. The number of hydrogen-bond acceptors (Lipinski definition) is 3. The average molecular weight is 324 g/mol. The van der Waals surface area contributed by atoms with Crippen LogP contribution in [0.1, 0.15) is 30.4 Å². The summed E-state index contributed by atoms with van der Waals surface area (Å²) in [7, 11) is 2.08. The van der Waals surface area contributed by atoms with E-state index in [0.717, 1.165) is 45.4 Å². The van der Waals surface area contributed by atoms with Crippen LogP contribution in [0.2, 0.25) is 0 Å². The van der Waals surface area contributed by atoms with Crippen molar-refractivity contribution in [3.8, 4) is 0 Å². The van der Waals surface area contributed by atoms with Gasteiger partial charge in [-0.3, -0.25) is 4.90 Å². The monoisotopic (exact) mass is 324 g/mol. The lowest BCUT2D eigenvalue weighted by Gasteiger charge is -2.50. The van der Waals surface area contributed by atoms with Crippen LogP contribution in [0.25, 0.3) is 0 Å². The maximum absolute atomic E-state index is 14.1. The highest BCUT2D eigenvalue weighted by Crippen LogP contribution is 2.38. The van der Waals surface area contributed by atoms with Crippen molar-refractivity contribution in [3.05, 3.63) is 34.9 Å². The summed E-state index contributed by atoms with van der Waals surface area (Å²) in [6.45, 7) is 5.38. The van der Waals surface area contributed by atoms with Crippen molar-refractivity contribution in [1.82, 2.24) is 9.80 Å². The van der Waals surface area contributed by atoms with Crippen molar-refractivity contribution in [2.45, 2.75) is 38.8 Å². The van der Waals surface area contributed by atoms with Gasteiger partial charge in [0.25, 0.3) is 0 Å². The lowest BCUT2D eigenvalue weighted by Crippen LogP contribution is -2.58. The number of rotatable bonds is 2. The van der Waals surface area contributed by atoms with E-state index < -0.39 is 11.6 Å². The van der Waals surface area contributed by atoms with Crippen LogP contribution in [-0.4, -0.2) is 54.2 Å². The summed E-state index contributed by atoms with van der Waals surface area (Å²) in [5.41, 5.74) is 0.611. The van der Waals surface area contributed by atoms with Gasteiger partial charge in [0.2, 0.25) is 0 Å². The van der Waals surface area contributed by atoms with Crippen LogP contribution in [0.3, 0.4) is 0 Å². The Labute approximate surface area is 136 Å². The van der Waals surface area contributed by atoms with Gasteiger partial charge in [0.05, 0.1) is 6.10 Å². The van der Waals surface area contributed by atoms with Gasteiger partial charge >= 0.3 is 0 Å². The van der Waals surface area contributed by atoms with Gasteiger partial charge in [-0.25, -0.2) is 8.78 Å². The highest BCUT2D eigenvalue weighted by molar-refractivity contribution is 5.25. The van der Waals surface area contributed by atoms with E-state index in [1.54, 1.807) is 19.1 Å². The highest BCUT2D eigenvalue weighted by Gasteiger charge is 2.44. The SMILES string of the molecule is Cc1ccc(CN2CCC[C@]3(CN(C)CC[C@@H]3O)C2)c(F)c1F. The minimum absolute atomic E-state index is 0.134. The first-order valence-corrected chi connectivity index (χ1v) is 8.44. The summed E-state index contributed by atoms with van der Waals surface area (Å²) in [5.74, 6) is -1.47. The first-order valence-electron chi connectivity index (χ1n) is 8.44.